The number of aromatic nitrogens is 2. The van der Waals surface area contributed by atoms with E-state index in [0.29, 0.717) is 11.5 Å². The highest BCUT2D eigenvalue weighted by Gasteiger charge is 2.13. The van der Waals surface area contributed by atoms with Gasteiger partial charge in [-0.15, -0.1) is 0 Å². The number of benzene rings is 2. The van der Waals surface area contributed by atoms with Crippen LogP contribution in [0.5, 0.6) is 5.75 Å². The second kappa shape index (κ2) is 6.72. The molecule has 1 aromatic heterocycles. The molecule has 0 saturated carbocycles. The van der Waals surface area contributed by atoms with Crippen LogP contribution >= 0.6 is 0 Å². The Labute approximate surface area is 147 Å². The van der Waals surface area contributed by atoms with Crippen LogP contribution in [-0.4, -0.2) is 31.1 Å². The van der Waals surface area contributed by atoms with Crippen molar-refractivity contribution in [2.24, 2.45) is 0 Å². The van der Waals surface area contributed by atoms with Gasteiger partial charge in [-0.2, -0.15) is 5.10 Å². The zero-order chi connectivity index (χ0) is 18.0. The molecule has 3 rings (SSSR count). The van der Waals surface area contributed by atoms with Gasteiger partial charge in [0.05, 0.1) is 29.1 Å². The second-order valence-electron chi connectivity index (χ2n) is 5.80. The summed E-state index contributed by atoms with van der Waals surface area (Å²) in [5, 5.41) is 4.41. The van der Waals surface area contributed by atoms with Crippen molar-refractivity contribution < 1.29 is 13.2 Å². The first-order valence-corrected chi connectivity index (χ1v) is 9.87. The van der Waals surface area contributed by atoms with E-state index in [-0.39, 0.29) is 0 Å². The molecule has 130 valence electrons. The lowest BCUT2D eigenvalue weighted by atomic mass is 10.1. The van der Waals surface area contributed by atoms with E-state index in [1.54, 1.807) is 18.3 Å². The Kier molecular flexibility index (Phi) is 4.63. The van der Waals surface area contributed by atoms with Crippen LogP contribution in [0, 0.1) is 6.92 Å². The molecule has 0 aliphatic heterocycles. The first-order valence-electron chi connectivity index (χ1n) is 7.98. The van der Waals surface area contributed by atoms with Crippen LogP contribution in [0.4, 0.5) is 0 Å². The van der Waals surface area contributed by atoms with Crippen LogP contribution in [0.1, 0.15) is 12.5 Å². The van der Waals surface area contributed by atoms with Crippen LogP contribution in [-0.2, 0) is 9.84 Å². The van der Waals surface area contributed by atoms with E-state index in [4.69, 9.17) is 4.74 Å². The van der Waals surface area contributed by atoms with Crippen molar-refractivity contribution >= 4 is 9.84 Å². The average Bonchev–Trinajstić information content (AvgIpc) is 3.04. The van der Waals surface area contributed by atoms with Gasteiger partial charge in [-0.05, 0) is 61.9 Å². The summed E-state index contributed by atoms with van der Waals surface area (Å²) in [6, 6.07) is 14.8. The van der Waals surface area contributed by atoms with E-state index in [2.05, 4.69) is 5.10 Å². The smallest absolute Gasteiger partial charge is 0.175 e. The summed E-state index contributed by atoms with van der Waals surface area (Å²) in [6.45, 7) is 4.47. The predicted molar refractivity (Wildman–Crippen MR) is 98.0 cm³/mol. The number of nitrogens with zero attached hydrogens (tertiary/aromatic N) is 2. The molecule has 0 aliphatic carbocycles. The predicted octanol–water partition coefficient (Wildman–Crippen LogP) is 3.65. The average molecular weight is 356 g/mol. The van der Waals surface area contributed by atoms with Gasteiger partial charge >= 0.3 is 0 Å². The molecule has 0 radical (unpaired) electrons. The van der Waals surface area contributed by atoms with Gasteiger partial charge in [0.2, 0.25) is 0 Å². The van der Waals surface area contributed by atoms with Crippen molar-refractivity contribution in [3.63, 3.8) is 0 Å². The molecular weight excluding hydrogens is 336 g/mol. The van der Waals surface area contributed by atoms with Crippen LogP contribution in [0.15, 0.2) is 59.6 Å². The van der Waals surface area contributed by atoms with Crippen molar-refractivity contribution in [1.29, 1.82) is 0 Å². The summed E-state index contributed by atoms with van der Waals surface area (Å²) in [6.07, 6.45) is 2.95. The third-order valence-electron chi connectivity index (χ3n) is 3.94. The largest absolute Gasteiger partial charge is 0.494 e. The highest BCUT2D eigenvalue weighted by molar-refractivity contribution is 7.90. The van der Waals surface area contributed by atoms with E-state index in [1.807, 2.05) is 54.9 Å². The van der Waals surface area contributed by atoms with Crippen LogP contribution in [0.25, 0.3) is 16.9 Å². The monoisotopic (exact) mass is 356 g/mol. The maximum Gasteiger partial charge on any atom is 0.175 e. The zero-order valence-corrected chi connectivity index (χ0v) is 15.2. The molecule has 1 heterocycles. The minimum absolute atomic E-state index is 0.320. The van der Waals surface area contributed by atoms with E-state index in [9.17, 15) is 8.42 Å². The van der Waals surface area contributed by atoms with Crippen molar-refractivity contribution in [2.45, 2.75) is 18.7 Å². The molecule has 0 atom stereocenters. The van der Waals surface area contributed by atoms with Crippen LogP contribution in [0.2, 0.25) is 0 Å². The Morgan fingerprint density at radius 1 is 1.08 bits per heavy atom. The minimum atomic E-state index is -3.22. The third kappa shape index (κ3) is 3.58. The Morgan fingerprint density at radius 2 is 1.80 bits per heavy atom. The summed E-state index contributed by atoms with van der Waals surface area (Å²) in [5.74, 6) is 0.814. The molecule has 5 nitrogen and oxygen atoms in total. The fourth-order valence-corrected chi connectivity index (χ4v) is 3.42. The molecule has 25 heavy (non-hydrogen) atoms. The Bertz CT molecular complexity index is 990. The topological polar surface area (TPSA) is 61.2 Å². The third-order valence-corrected chi connectivity index (χ3v) is 5.05. The first-order chi connectivity index (χ1) is 11.9. The summed E-state index contributed by atoms with van der Waals surface area (Å²) in [4.78, 5) is 0.320. The van der Waals surface area contributed by atoms with Crippen LogP contribution in [0.3, 0.4) is 0 Å². The van der Waals surface area contributed by atoms with E-state index in [0.717, 1.165) is 28.3 Å². The Morgan fingerprint density at radius 3 is 2.40 bits per heavy atom. The van der Waals surface area contributed by atoms with Gasteiger partial charge in [0, 0.05) is 11.8 Å². The minimum Gasteiger partial charge on any atom is -0.494 e. The number of rotatable bonds is 5. The van der Waals surface area contributed by atoms with Crippen LogP contribution < -0.4 is 4.74 Å². The van der Waals surface area contributed by atoms with Gasteiger partial charge < -0.3 is 4.74 Å². The molecule has 2 aromatic carbocycles. The summed E-state index contributed by atoms with van der Waals surface area (Å²) in [5.41, 5.74) is 3.64. The number of ether oxygens (including phenoxy) is 1. The molecule has 0 spiro atoms. The molecule has 0 unspecified atom stereocenters. The quantitative estimate of drug-likeness (QED) is 0.700. The van der Waals surface area contributed by atoms with Gasteiger partial charge in [0.15, 0.2) is 9.84 Å². The fourth-order valence-electron chi connectivity index (χ4n) is 2.72. The van der Waals surface area contributed by atoms with E-state index in [1.165, 1.54) is 6.26 Å². The SMILES string of the molecule is CCOc1ccc(-n2nccc2-c2ccc(S(C)(=O)=O)cc2C)cc1. The summed E-state index contributed by atoms with van der Waals surface area (Å²) < 4.78 is 30.8. The molecule has 6 heteroatoms. The van der Waals surface area contributed by atoms with E-state index >= 15 is 0 Å². The van der Waals surface area contributed by atoms with Crippen molar-refractivity contribution in [3.05, 3.63) is 60.3 Å². The van der Waals surface area contributed by atoms with Gasteiger partial charge in [-0.3, -0.25) is 0 Å². The maximum atomic E-state index is 11.7. The molecule has 0 amide bonds. The molecule has 0 bridgehead atoms. The van der Waals surface area contributed by atoms with E-state index < -0.39 is 9.84 Å². The molecule has 0 saturated heterocycles. The maximum absolute atomic E-state index is 11.7. The Balaban J connectivity index is 2.02. The zero-order valence-electron chi connectivity index (χ0n) is 14.4. The lowest BCUT2D eigenvalue weighted by molar-refractivity contribution is 0.340. The second-order valence-corrected chi connectivity index (χ2v) is 7.82. The molecule has 0 aliphatic rings. The van der Waals surface area contributed by atoms with Gasteiger partial charge in [0.25, 0.3) is 0 Å². The number of sulfone groups is 1. The molecular formula is C19H20N2O3S. The normalized spacial score (nSPS) is 11.5. The summed E-state index contributed by atoms with van der Waals surface area (Å²) in [7, 11) is -3.22. The first kappa shape index (κ1) is 17.2. The molecule has 0 N–H and O–H groups in total. The number of aryl methyl sites for hydroxylation is 1. The summed E-state index contributed by atoms with van der Waals surface area (Å²) >= 11 is 0. The molecule has 0 fully saturated rings. The highest BCUT2D eigenvalue weighted by Crippen LogP contribution is 2.28. The lowest BCUT2D eigenvalue weighted by Gasteiger charge is -2.12. The molecule has 3 aromatic rings. The Hall–Kier alpha value is -2.60. The standard InChI is InChI=1S/C19H20N2O3S/c1-4-24-16-7-5-15(6-8-16)21-19(11-12-20-21)18-10-9-17(13-14(18)2)25(3,22)23/h5-13H,4H2,1-3H3. The number of hydrogen-bond donors (Lipinski definition) is 0. The lowest BCUT2D eigenvalue weighted by Crippen LogP contribution is -2.02. The van der Waals surface area contributed by atoms with Gasteiger partial charge in [-0.25, -0.2) is 13.1 Å². The van der Waals surface area contributed by atoms with Gasteiger partial charge in [-0.1, -0.05) is 6.07 Å². The van der Waals surface area contributed by atoms with Crippen molar-refractivity contribution in [3.8, 4) is 22.7 Å². The number of hydrogen-bond acceptors (Lipinski definition) is 4. The van der Waals surface area contributed by atoms with Crippen molar-refractivity contribution in [1.82, 2.24) is 9.78 Å². The highest BCUT2D eigenvalue weighted by atomic mass is 32.2. The van der Waals surface area contributed by atoms with Crippen molar-refractivity contribution in [2.75, 3.05) is 12.9 Å². The fraction of sp³-hybridized carbons (Fsp3) is 0.211. The van der Waals surface area contributed by atoms with Gasteiger partial charge in [0.1, 0.15) is 5.75 Å².